The molecule has 1 aliphatic rings. The number of hydrogen-bond donors (Lipinski definition) is 1. The highest BCUT2D eigenvalue weighted by atomic mass is 35.5. The predicted octanol–water partition coefficient (Wildman–Crippen LogP) is 2.12. The molecule has 0 aliphatic carbocycles. The van der Waals surface area contributed by atoms with E-state index in [1.165, 1.54) is 0 Å². The summed E-state index contributed by atoms with van der Waals surface area (Å²) >= 11 is 7.64. The molecule has 1 aliphatic heterocycles. The lowest BCUT2D eigenvalue weighted by Gasteiger charge is -2.32. The van der Waals surface area contributed by atoms with E-state index in [1.807, 2.05) is 31.3 Å². The zero-order chi connectivity index (χ0) is 13.0. The van der Waals surface area contributed by atoms with E-state index >= 15 is 0 Å². The van der Waals surface area contributed by atoms with Gasteiger partial charge in [0.25, 0.3) is 0 Å². The Labute approximate surface area is 117 Å². The first-order valence-electron chi connectivity index (χ1n) is 6.02. The second kappa shape index (κ2) is 6.78. The lowest BCUT2D eigenvalue weighted by atomic mass is 10.2. The molecule has 100 valence electrons. The minimum absolute atomic E-state index is 0.0984. The molecule has 1 aromatic rings. The number of halogens is 1. The average molecular weight is 288 g/mol. The summed E-state index contributed by atoms with van der Waals surface area (Å²) in [6.07, 6.45) is -0.562. The number of morpholine rings is 1. The molecule has 0 radical (unpaired) electrons. The van der Waals surface area contributed by atoms with E-state index in [-0.39, 0.29) is 6.10 Å². The largest absolute Gasteiger partial charge is 0.389 e. The van der Waals surface area contributed by atoms with Gasteiger partial charge in [-0.25, -0.2) is 0 Å². The smallest absolute Gasteiger partial charge is 0.0969 e. The van der Waals surface area contributed by atoms with Crippen molar-refractivity contribution in [1.82, 2.24) is 4.90 Å². The maximum atomic E-state index is 10.1. The van der Waals surface area contributed by atoms with Crippen LogP contribution in [0.4, 0.5) is 0 Å². The first-order valence-corrected chi connectivity index (χ1v) is 7.38. The minimum Gasteiger partial charge on any atom is -0.389 e. The summed E-state index contributed by atoms with van der Waals surface area (Å²) in [7, 11) is 2.05. The Morgan fingerprint density at radius 1 is 1.56 bits per heavy atom. The summed E-state index contributed by atoms with van der Waals surface area (Å²) in [5.41, 5.74) is 0. The number of ether oxygens (including phenoxy) is 1. The summed E-state index contributed by atoms with van der Waals surface area (Å²) in [6.45, 7) is 2.40. The Morgan fingerprint density at radius 2 is 2.33 bits per heavy atom. The minimum atomic E-state index is -0.464. The van der Waals surface area contributed by atoms with Gasteiger partial charge in [-0.05, 0) is 19.2 Å². The van der Waals surface area contributed by atoms with Crippen LogP contribution in [0.3, 0.4) is 0 Å². The van der Waals surface area contributed by atoms with Gasteiger partial charge in [-0.15, -0.1) is 11.8 Å². The molecular formula is C13H18ClNO2S. The molecule has 2 atom stereocenters. The molecule has 0 bridgehead atoms. The summed E-state index contributed by atoms with van der Waals surface area (Å²) in [4.78, 5) is 3.18. The summed E-state index contributed by atoms with van der Waals surface area (Å²) in [5, 5.41) is 10.9. The Balaban J connectivity index is 1.84. The van der Waals surface area contributed by atoms with Crippen LogP contribution in [0.5, 0.6) is 0 Å². The van der Waals surface area contributed by atoms with E-state index < -0.39 is 6.10 Å². The van der Waals surface area contributed by atoms with Crippen LogP contribution in [0, 0.1) is 0 Å². The molecule has 18 heavy (non-hydrogen) atoms. The zero-order valence-electron chi connectivity index (χ0n) is 10.4. The second-order valence-corrected chi connectivity index (χ2v) is 5.95. The van der Waals surface area contributed by atoms with Crippen LogP contribution in [0.15, 0.2) is 29.2 Å². The maximum Gasteiger partial charge on any atom is 0.0969 e. The number of benzene rings is 1. The average Bonchev–Trinajstić information content (AvgIpc) is 2.37. The quantitative estimate of drug-likeness (QED) is 0.860. The Bertz CT molecular complexity index is 391. The molecule has 0 amide bonds. The Hall–Kier alpha value is -0.260. The normalized spacial score (nSPS) is 22.9. The van der Waals surface area contributed by atoms with Gasteiger partial charge < -0.3 is 14.7 Å². The van der Waals surface area contributed by atoms with Gasteiger partial charge in [0.1, 0.15) is 0 Å². The molecular weight excluding hydrogens is 270 g/mol. The van der Waals surface area contributed by atoms with Crippen molar-refractivity contribution in [2.75, 3.05) is 32.5 Å². The van der Waals surface area contributed by atoms with E-state index in [1.54, 1.807) is 11.8 Å². The number of rotatable bonds is 4. The second-order valence-electron chi connectivity index (χ2n) is 4.48. The molecule has 2 unspecified atom stereocenters. The third-order valence-corrected chi connectivity index (χ3v) is 4.59. The van der Waals surface area contributed by atoms with E-state index in [0.29, 0.717) is 12.4 Å². The fourth-order valence-electron chi connectivity index (χ4n) is 1.89. The van der Waals surface area contributed by atoms with Crippen molar-refractivity contribution in [3.63, 3.8) is 0 Å². The standard InChI is InChI=1S/C13H18ClNO2S/c1-15-6-7-17-12(8-15)11(16)9-18-13-5-3-2-4-10(13)14/h2-5,11-12,16H,6-9H2,1H3. The van der Waals surface area contributed by atoms with Gasteiger partial charge >= 0.3 is 0 Å². The number of likely N-dealkylation sites (N-methyl/N-ethyl adjacent to an activating group) is 1. The van der Waals surface area contributed by atoms with Crippen LogP contribution < -0.4 is 0 Å². The highest BCUT2D eigenvalue weighted by molar-refractivity contribution is 7.99. The molecule has 3 nitrogen and oxygen atoms in total. The fourth-order valence-corrected chi connectivity index (χ4v) is 3.13. The lowest BCUT2D eigenvalue weighted by molar-refractivity contribution is -0.0752. The monoisotopic (exact) mass is 287 g/mol. The number of thioether (sulfide) groups is 1. The molecule has 5 heteroatoms. The van der Waals surface area contributed by atoms with Crippen LogP contribution >= 0.6 is 23.4 Å². The first-order chi connectivity index (χ1) is 8.66. The molecule has 1 fully saturated rings. The number of aliphatic hydroxyl groups is 1. The fraction of sp³-hybridized carbons (Fsp3) is 0.538. The molecule has 0 spiro atoms. The zero-order valence-corrected chi connectivity index (χ0v) is 12.0. The van der Waals surface area contributed by atoms with Crippen molar-refractivity contribution in [1.29, 1.82) is 0 Å². The Morgan fingerprint density at radius 3 is 3.06 bits per heavy atom. The number of nitrogens with zero attached hydrogens (tertiary/aromatic N) is 1. The van der Waals surface area contributed by atoms with Crippen LogP contribution in [0.2, 0.25) is 5.02 Å². The Kier molecular flexibility index (Phi) is 5.33. The van der Waals surface area contributed by atoms with E-state index in [9.17, 15) is 5.11 Å². The van der Waals surface area contributed by atoms with Gasteiger partial charge in [-0.1, -0.05) is 23.7 Å². The van der Waals surface area contributed by atoms with Crippen molar-refractivity contribution in [2.45, 2.75) is 17.1 Å². The van der Waals surface area contributed by atoms with Gasteiger partial charge in [0.05, 0.1) is 23.8 Å². The van der Waals surface area contributed by atoms with Gasteiger partial charge in [-0.2, -0.15) is 0 Å². The van der Waals surface area contributed by atoms with Crippen LogP contribution in [0.25, 0.3) is 0 Å². The van der Waals surface area contributed by atoms with Gasteiger partial charge in [-0.3, -0.25) is 0 Å². The molecule has 1 saturated heterocycles. The van der Waals surface area contributed by atoms with E-state index in [0.717, 1.165) is 23.0 Å². The molecule has 1 N–H and O–H groups in total. The first kappa shape index (κ1) is 14.2. The highest BCUT2D eigenvalue weighted by Crippen LogP contribution is 2.27. The molecule has 2 rings (SSSR count). The molecule has 1 heterocycles. The lowest BCUT2D eigenvalue weighted by Crippen LogP contribution is -2.46. The maximum absolute atomic E-state index is 10.1. The van der Waals surface area contributed by atoms with Crippen molar-refractivity contribution < 1.29 is 9.84 Å². The van der Waals surface area contributed by atoms with Gasteiger partial charge in [0, 0.05) is 23.7 Å². The third kappa shape index (κ3) is 3.87. The molecule has 0 saturated carbocycles. The summed E-state index contributed by atoms with van der Waals surface area (Å²) in [6, 6.07) is 7.68. The predicted molar refractivity (Wildman–Crippen MR) is 75.4 cm³/mol. The van der Waals surface area contributed by atoms with Crippen molar-refractivity contribution in [2.24, 2.45) is 0 Å². The third-order valence-electron chi connectivity index (χ3n) is 2.97. The van der Waals surface area contributed by atoms with Crippen LogP contribution in [-0.4, -0.2) is 54.7 Å². The van der Waals surface area contributed by atoms with Crippen LogP contribution in [0.1, 0.15) is 0 Å². The van der Waals surface area contributed by atoms with Gasteiger partial charge in [0.2, 0.25) is 0 Å². The summed E-state index contributed by atoms with van der Waals surface area (Å²) in [5.74, 6) is 0.599. The number of hydrogen-bond acceptors (Lipinski definition) is 4. The molecule has 0 aromatic heterocycles. The SMILES string of the molecule is CN1CCOC(C(O)CSc2ccccc2Cl)C1. The topological polar surface area (TPSA) is 32.7 Å². The summed E-state index contributed by atoms with van der Waals surface area (Å²) < 4.78 is 5.59. The molecule has 1 aromatic carbocycles. The number of aliphatic hydroxyl groups excluding tert-OH is 1. The highest BCUT2D eigenvalue weighted by Gasteiger charge is 2.25. The van der Waals surface area contributed by atoms with Crippen molar-refractivity contribution >= 4 is 23.4 Å². The van der Waals surface area contributed by atoms with Crippen LogP contribution in [-0.2, 0) is 4.74 Å². The van der Waals surface area contributed by atoms with Crippen molar-refractivity contribution in [3.8, 4) is 0 Å². The van der Waals surface area contributed by atoms with E-state index in [2.05, 4.69) is 4.90 Å². The van der Waals surface area contributed by atoms with E-state index in [4.69, 9.17) is 16.3 Å². The van der Waals surface area contributed by atoms with Gasteiger partial charge in [0.15, 0.2) is 0 Å². The van der Waals surface area contributed by atoms with Crippen molar-refractivity contribution in [3.05, 3.63) is 29.3 Å².